The Morgan fingerprint density at radius 1 is 0.949 bits per heavy atom. The molecule has 0 unspecified atom stereocenters. The van der Waals surface area contributed by atoms with E-state index in [0.29, 0.717) is 48.5 Å². The number of ether oxygens (including phenoxy) is 3. The zero-order valence-corrected chi connectivity index (χ0v) is 22.5. The van der Waals surface area contributed by atoms with E-state index >= 15 is 0 Å². The summed E-state index contributed by atoms with van der Waals surface area (Å²) < 4.78 is 17.4. The Morgan fingerprint density at radius 3 is 2.49 bits per heavy atom. The first-order valence-electron chi connectivity index (χ1n) is 12.6. The fourth-order valence-corrected chi connectivity index (χ4v) is 4.91. The quantitative estimate of drug-likeness (QED) is 0.261. The zero-order chi connectivity index (χ0) is 27.2. The fourth-order valence-electron chi connectivity index (χ4n) is 3.99. The number of aryl methyl sites for hydroxylation is 1. The number of amides is 1. The van der Waals surface area contributed by atoms with Gasteiger partial charge in [-0.1, -0.05) is 54.1 Å². The molecule has 39 heavy (non-hydrogen) atoms. The van der Waals surface area contributed by atoms with Crippen molar-refractivity contribution in [3.05, 3.63) is 95.1 Å². The molecule has 3 aromatic carbocycles. The fraction of sp³-hybridized carbons (Fsp3) is 0.200. The summed E-state index contributed by atoms with van der Waals surface area (Å²) >= 11 is 1.32. The van der Waals surface area contributed by atoms with Crippen molar-refractivity contribution in [3.8, 4) is 17.2 Å². The second-order valence-electron chi connectivity index (χ2n) is 8.83. The van der Waals surface area contributed by atoms with Gasteiger partial charge in [-0.2, -0.15) is 15.1 Å². The van der Waals surface area contributed by atoms with Gasteiger partial charge in [-0.25, -0.2) is 0 Å². The molecule has 2 aliphatic rings. The summed E-state index contributed by atoms with van der Waals surface area (Å²) in [5, 5.41) is 15.8. The average molecular weight is 541 g/mol. The lowest BCUT2D eigenvalue weighted by Gasteiger charge is -2.20. The molecule has 1 N–H and O–H groups in total. The van der Waals surface area contributed by atoms with Crippen LogP contribution in [0.1, 0.15) is 23.6 Å². The summed E-state index contributed by atoms with van der Waals surface area (Å²) in [7, 11) is 0. The van der Waals surface area contributed by atoms with Crippen LogP contribution in [0.2, 0.25) is 0 Å². The standard InChI is InChI=1S/C30H28N4O4S/c1-3-36-26-18-22(11-14-25(26)38-16-15-37-23-12-9-20(2)10-13-23)17-24-28(31)34-30(32-29(24)35)39-27(33-34)19-21-7-5-4-6-8-21/h4-14,17-18,31H,3,15-16,19H2,1-2H3/b24-17-,31-28?. The van der Waals surface area contributed by atoms with E-state index in [0.717, 1.165) is 16.4 Å². The van der Waals surface area contributed by atoms with Crippen LogP contribution in [0.25, 0.3) is 6.08 Å². The molecule has 1 amide bonds. The number of hydrazone groups is 1. The van der Waals surface area contributed by atoms with Gasteiger partial charge in [-0.3, -0.25) is 10.2 Å². The van der Waals surface area contributed by atoms with Crippen molar-refractivity contribution >= 4 is 39.8 Å². The van der Waals surface area contributed by atoms with Crippen LogP contribution in [-0.2, 0) is 11.2 Å². The summed E-state index contributed by atoms with van der Waals surface area (Å²) in [6.45, 7) is 5.09. The molecule has 9 heteroatoms. The maximum Gasteiger partial charge on any atom is 0.283 e. The van der Waals surface area contributed by atoms with Crippen LogP contribution in [-0.4, -0.2) is 46.8 Å². The van der Waals surface area contributed by atoms with Gasteiger partial charge in [0.05, 0.1) is 12.2 Å². The molecule has 0 spiro atoms. The molecule has 198 valence electrons. The molecule has 0 saturated heterocycles. The van der Waals surface area contributed by atoms with Gasteiger partial charge in [-0.15, -0.1) is 0 Å². The van der Waals surface area contributed by atoms with Gasteiger partial charge in [0.1, 0.15) is 24.0 Å². The molecule has 0 fully saturated rings. The Kier molecular flexibility index (Phi) is 8.07. The first-order chi connectivity index (χ1) is 19.0. The van der Waals surface area contributed by atoms with E-state index in [2.05, 4.69) is 10.1 Å². The first-order valence-corrected chi connectivity index (χ1v) is 13.4. The Morgan fingerprint density at radius 2 is 1.72 bits per heavy atom. The third-order valence-corrected chi connectivity index (χ3v) is 6.81. The number of amidine groups is 2. The normalized spacial score (nSPS) is 15.6. The smallest absolute Gasteiger partial charge is 0.283 e. The summed E-state index contributed by atoms with van der Waals surface area (Å²) in [5.41, 5.74) is 3.12. The average Bonchev–Trinajstić information content (AvgIpc) is 3.34. The van der Waals surface area contributed by atoms with Crippen LogP contribution in [0.15, 0.2) is 88.5 Å². The molecule has 3 aromatic rings. The van der Waals surface area contributed by atoms with Crippen molar-refractivity contribution in [2.24, 2.45) is 10.1 Å². The summed E-state index contributed by atoms with van der Waals surface area (Å²) in [6, 6.07) is 23.2. The number of nitrogens with zero attached hydrogens (tertiary/aromatic N) is 3. The molecule has 5 rings (SSSR count). The van der Waals surface area contributed by atoms with Crippen molar-refractivity contribution in [2.45, 2.75) is 20.3 Å². The lowest BCUT2D eigenvalue weighted by atomic mass is 10.1. The Bertz CT molecular complexity index is 1470. The molecular weight excluding hydrogens is 512 g/mol. The van der Waals surface area contributed by atoms with E-state index < -0.39 is 5.91 Å². The molecule has 0 radical (unpaired) electrons. The number of benzene rings is 3. The number of carbonyl (C=O) groups is 1. The first kappa shape index (κ1) is 26.2. The topological polar surface area (TPSA) is 96.6 Å². The molecule has 0 saturated carbocycles. The van der Waals surface area contributed by atoms with Crippen LogP contribution < -0.4 is 14.2 Å². The van der Waals surface area contributed by atoms with E-state index in [4.69, 9.17) is 19.6 Å². The maximum absolute atomic E-state index is 12.8. The number of rotatable bonds is 10. The number of hydrogen-bond donors (Lipinski definition) is 1. The number of hydrogen-bond acceptors (Lipinski definition) is 7. The van der Waals surface area contributed by atoms with Gasteiger partial charge in [0.25, 0.3) is 5.91 Å². The van der Waals surface area contributed by atoms with E-state index in [1.807, 2.05) is 74.5 Å². The number of thioether (sulfide) groups is 1. The van der Waals surface area contributed by atoms with Gasteiger partial charge in [0.2, 0.25) is 5.17 Å². The Hall–Kier alpha value is -4.37. The van der Waals surface area contributed by atoms with Gasteiger partial charge in [0.15, 0.2) is 17.3 Å². The van der Waals surface area contributed by atoms with Gasteiger partial charge < -0.3 is 14.2 Å². The predicted molar refractivity (Wildman–Crippen MR) is 155 cm³/mol. The minimum absolute atomic E-state index is 0.00731. The second-order valence-corrected chi connectivity index (χ2v) is 9.87. The second kappa shape index (κ2) is 12.0. The van der Waals surface area contributed by atoms with Crippen LogP contribution in [0.4, 0.5) is 0 Å². The SMILES string of the molecule is CCOc1cc(/C=C2/C(=N)N3N=C(Cc4ccccc4)SC3=NC2=O)ccc1OCCOc1ccc(C)cc1. The monoisotopic (exact) mass is 540 g/mol. The third-order valence-electron chi connectivity index (χ3n) is 5.90. The number of nitrogens with one attached hydrogen (secondary N) is 1. The summed E-state index contributed by atoms with van der Waals surface area (Å²) in [6.07, 6.45) is 2.24. The number of aliphatic imine (C=N–C) groups is 1. The molecule has 0 aromatic heterocycles. The highest BCUT2D eigenvalue weighted by Crippen LogP contribution is 2.32. The summed E-state index contributed by atoms with van der Waals surface area (Å²) in [4.78, 5) is 17.0. The minimum atomic E-state index is -0.471. The molecule has 8 nitrogen and oxygen atoms in total. The van der Waals surface area contributed by atoms with Crippen molar-refractivity contribution < 1.29 is 19.0 Å². The van der Waals surface area contributed by atoms with Crippen LogP contribution >= 0.6 is 11.8 Å². The molecular formula is C30H28N4O4S. The third kappa shape index (κ3) is 6.38. The molecule has 2 heterocycles. The van der Waals surface area contributed by atoms with Gasteiger partial charge >= 0.3 is 0 Å². The maximum atomic E-state index is 12.8. The highest BCUT2D eigenvalue weighted by atomic mass is 32.2. The lowest BCUT2D eigenvalue weighted by molar-refractivity contribution is -0.114. The van der Waals surface area contributed by atoms with Gasteiger partial charge in [-0.05, 0) is 67.1 Å². The van der Waals surface area contributed by atoms with Crippen molar-refractivity contribution in [1.82, 2.24) is 5.01 Å². The molecule has 2 aliphatic heterocycles. The Balaban J connectivity index is 1.27. The molecule has 0 bridgehead atoms. The minimum Gasteiger partial charge on any atom is -0.490 e. The van der Waals surface area contributed by atoms with E-state index in [9.17, 15) is 4.79 Å². The van der Waals surface area contributed by atoms with Crippen molar-refractivity contribution in [1.29, 1.82) is 5.41 Å². The zero-order valence-electron chi connectivity index (χ0n) is 21.7. The van der Waals surface area contributed by atoms with Crippen molar-refractivity contribution in [2.75, 3.05) is 19.8 Å². The van der Waals surface area contributed by atoms with E-state index in [-0.39, 0.29) is 11.4 Å². The van der Waals surface area contributed by atoms with Gasteiger partial charge in [0, 0.05) is 6.42 Å². The highest BCUT2D eigenvalue weighted by Gasteiger charge is 2.35. The molecule has 0 aliphatic carbocycles. The van der Waals surface area contributed by atoms with Crippen LogP contribution in [0.3, 0.4) is 0 Å². The molecule has 0 atom stereocenters. The number of carbonyl (C=O) groups excluding carboxylic acids is 1. The predicted octanol–water partition coefficient (Wildman–Crippen LogP) is 5.71. The van der Waals surface area contributed by atoms with Crippen LogP contribution in [0.5, 0.6) is 17.2 Å². The Labute approximate surface area is 231 Å². The summed E-state index contributed by atoms with van der Waals surface area (Å²) in [5.74, 6) is 1.42. The highest BCUT2D eigenvalue weighted by molar-refractivity contribution is 8.26. The van der Waals surface area contributed by atoms with Crippen molar-refractivity contribution in [3.63, 3.8) is 0 Å². The van der Waals surface area contributed by atoms with E-state index in [1.165, 1.54) is 22.3 Å². The largest absolute Gasteiger partial charge is 0.490 e. The number of fused-ring (bicyclic) bond motifs is 1. The lowest BCUT2D eigenvalue weighted by Crippen LogP contribution is -2.35. The van der Waals surface area contributed by atoms with E-state index in [1.54, 1.807) is 18.2 Å². The van der Waals surface area contributed by atoms with Crippen LogP contribution in [0, 0.1) is 12.3 Å².